The van der Waals surface area contributed by atoms with Crippen LogP contribution in [0.4, 0.5) is 0 Å². The largest absolute Gasteiger partial charge is 0.417 e. The Labute approximate surface area is 130 Å². The van der Waals surface area contributed by atoms with Crippen LogP contribution in [0.1, 0.15) is 34.1 Å². The second kappa shape index (κ2) is 7.03. The number of hydrogen-bond donors (Lipinski definition) is 0. The average Bonchev–Trinajstić information content (AvgIpc) is 2.38. The van der Waals surface area contributed by atoms with Crippen LogP contribution in [0.15, 0.2) is 24.8 Å². The van der Waals surface area contributed by atoms with E-state index in [9.17, 15) is 4.79 Å². The minimum absolute atomic E-state index is 0.0314. The van der Waals surface area contributed by atoms with Gasteiger partial charge in [-0.3, -0.25) is 4.79 Å². The normalized spacial score (nSPS) is 25.0. The monoisotopic (exact) mass is 310 g/mol. The summed E-state index contributed by atoms with van der Waals surface area (Å²) in [6.45, 7) is 17.6. The lowest BCUT2D eigenvalue weighted by atomic mass is 9.97. The van der Waals surface area contributed by atoms with Gasteiger partial charge in [-0.2, -0.15) is 0 Å². The molecule has 120 valence electrons. The van der Waals surface area contributed by atoms with Gasteiger partial charge in [0.25, 0.3) is 0 Å². The molecule has 0 amide bonds. The molecule has 0 bridgehead atoms. The van der Waals surface area contributed by atoms with Gasteiger partial charge in [-0.1, -0.05) is 39.8 Å². The minimum Gasteiger partial charge on any atom is -0.417 e. The van der Waals surface area contributed by atoms with Gasteiger partial charge in [0.15, 0.2) is 14.1 Å². The van der Waals surface area contributed by atoms with Crippen molar-refractivity contribution in [3.05, 3.63) is 24.8 Å². The molecule has 3 atom stereocenters. The summed E-state index contributed by atoms with van der Waals surface area (Å²) in [5, 5.41) is 0.214. The third-order valence-electron chi connectivity index (χ3n) is 4.60. The summed E-state index contributed by atoms with van der Waals surface area (Å²) >= 11 is 0. The fourth-order valence-electron chi connectivity index (χ4n) is 1.92. The smallest absolute Gasteiger partial charge is 0.191 e. The molecule has 0 N–H and O–H groups in total. The van der Waals surface area contributed by atoms with Crippen LogP contribution in [0.25, 0.3) is 0 Å². The Kier molecular flexibility index (Phi) is 6.14. The van der Waals surface area contributed by atoms with Crippen molar-refractivity contribution < 1.29 is 14.0 Å². The molecule has 0 aromatic rings. The molecule has 1 aliphatic heterocycles. The third kappa shape index (κ3) is 4.90. The number of carbonyl (C=O) groups is 1. The zero-order chi connectivity index (χ0) is 16.3. The second-order valence-corrected chi connectivity index (χ2v) is 12.2. The van der Waals surface area contributed by atoms with E-state index in [1.165, 1.54) is 0 Å². The highest BCUT2D eigenvalue weighted by Gasteiger charge is 2.37. The maximum absolute atomic E-state index is 11.8. The second-order valence-electron chi connectivity index (χ2n) is 7.35. The zero-order valence-corrected chi connectivity index (χ0v) is 15.3. The molecule has 0 aliphatic carbocycles. The van der Waals surface area contributed by atoms with Crippen LogP contribution < -0.4 is 0 Å². The van der Waals surface area contributed by atoms with Crippen molar-refractivity contribution in [1.82, 2.24) is 0 Å². The van der Waals surface area contributed by atoms with Gasteiger partial charge in [0.1, 0.15) is 6.10 Å². The van der Waals surface area contributed by atoms with Gasteiger partial charge in [-0.05, 0) is 30.6 Å². The molecule has 1 aliphatic rings. The average molecular weight is 311 g/mol. The molecule has 0 saturated carbocycles. The Morgan fingerprint density at radius 2 is 2.10 bits per heavy atom. The summed E-state index contributed by atoms with van der Waals surface area (Å²) in [4.78, 5) is 11.8. The molecule has 0 unspecified atom stereocenters. The summed E-state index contributed by atoms with van der Waals surface area (Å²) in [5.74, 6) is 0.0650. The molecule has 0 radical (unpaired) electrons. The fraction of sp³-hybridized carbons (Fsp3) is 0.706. The van der Waals surface area contributed by atoms with Crippen LogP contribution in [0.3, 0.4) is 0 Å². The molecule has 1 rings (SSSR count). The summed E-state index contributed by atoms with van der Waals surface area (Å²) in [5.41, 5.74) is 0. The van der Waals surface area contributed by atoms with Crippen LogP contribution >= 0.6 is 0 Å². The lowest BCUT2D eigenvalue weighted by Crippen LogP contribution is -2.42. The molecule has 21 heavy (non-hydrogen) atoms. The molecule has 3 nitrogen and oxygen atoms in total. The standard InChI is InChI=1S/C17H30O3Si/c1-8-13(2)16-15(18)10-9-14(20-16)11-12-19-21(6,7)17(3,4)5/h8-10,13-14,16H,1,11-12H2,2-7H3/t13-,14+,16+/m1/s1. The van der Waals surface area contributed by atoms with Gasteiger partial charge in [-0.15, -0.1) is 6.58 Å². The Hall–Kier alpha value is -0.713. The van der Waals surface area contributed by atoms with Gasteiger partial charge in [0.05, 0.1) is 6.10 Å². The van der Waals surface area contributed by atoms with Crippen molar-refractivity contribution in [1.29, 1.82) is 0 Å². The minimum atomic E-state index is -1.71. The molecule has 0 aromatic carbocycles. The van der Waals surface area contributed by atoms with Crippen molar-refractivity contribution >= 4 is 14.1 Å². The first kappa shape index (κ1) is 18.3. The van der Waals surface area contributed by atoms with Crippen LogP contribution in [0.2, 0.25) is 18.1 Å². The molecule has 0 aromatic heterocycles. The maximum atomic E-state index is 11.8. The first-order valence-electron chi connectivity index (χ1n) is 7.72. The van der Waals surface area contributed by atoms with Gasteiger partial charge in [0, 0.05) is 12.5 Å². The van der Waals surface area contributed by atoms with E-state index < -0.39 is 14.4 Å². The molecule has 0 saturated heterocycles. The number of carbonyl (C=O) groups excluding carboxylic acids is 1. The molecule has 0 spiro atoms. The quantitative estimate of drug-likeness (QED) is 0.547. The van der Waals surface area contributed by atoms with Gasteiger partial charge >= 0.3 is 0 Å². The Bertz CT molecular complexity index is 407. The number of hydrogen-bond acceptors (Lipinski definition) is 3. The highest BCUT2D eigenvalue weighted by atomic mass is 28.4. The van der Waals surface area contributed by atoms with Crippen LogP contribution in [-0.4, -0.2) is 32.9 Å². The lowest BCUT2D eigenvalue weighted by molar-refractivity contribution is -0.132. The van der Waals surface area contributed by atoms with Crippen molar-refractivity contribution in [2.24, 2.45) is 5.92 Å². The molecular formula is C17H30O3Si. The summed E-state index contributed by atoms with van der Waals surface area (Å²) < 4.78 is 12.0. The highest BCUT2D eigenvalue weighted by Crippen LogP contribution is 2.36. The predicted octanol–water partition coefficient (Wildman–Crippen LogP) is 4.11. The van der Waals surface area contributed by atoms with Crippen molar-refractivity contribution in [3.8, 4) is 0 Å². The Morgan fingerprint density at radius 1 is 1.48 bits per heavy atom. The van der Waals surface area contributed by atoms with E-state index in [2.05, 4.69) is 40.4 Å². The fourth-order valence-corrected chi connectivity index (χ4v) is 2.98. The summed E-state index contributed by atoms with van der Waals surface area (Å²) in [6, 6.07) is 0. The van der Waals surface area contributed by atoms with Crippen LogP contribution in [0, 0.1) is 5.92 Å². The number of ketones is 1. The van der Waals surface area contributed by atoms with E-state index >= 15 is 0 Å². The Balaban J connectivity index is 2.52. The zero-order valence-electron chi connectivity index (χ0n) is 14.3. The first-order chi connectivity index (χ1) is 9.58. The van der Waals surface area contributed by atoms with E-state index in [-0.39, 0.29) is 22.8 Å². The predicted molar refractivity (Wildman–Crippen MR) is 89.9 cm³/mol. The highest BCUT2D eigenvalue weighted by molar-refractivity contribution is 6.74. The van der Waals surface area contributed by atoms with Gasteiger partial charge in [-0.25, -0.2) is 0 Å². The van der Waals surface area contributed by atoms with Gasteiger partial charge in [0.2, 0.25) is 0 Å². The first-order valence-corrected chi connectivity index (χ1v) is 10.6. The topological polar surface area (TPSA) is 35.5 Å². The van der Waals surface area contributed by atoms with Crippen LogP contribution in [-0.2, 0) is 14.0 Å². The Morgan fingerprint density at radius 3 is 2.62 bits per heavy atom. The molecule has 0 fully saturated rings. The molecule has 1 heterocycles. The van der Waals surface area contributed by atoms with E-state index in [4.69, 9.17) is 9.16 Å². The summed E-state index contributed by atoms with van der Waals surface area (Å²) in [7, 11) is -1.71. The number of ether oxygens (including phenoxy) is 1. The molecule has 4 heteroatoms. The van der Waals surface area contributed by atoms with Crippen molar-refractivity contribution in [3.63, 3.8) is 0 Å². The van der Waals surface area contributed by atoms with E-state index in [1.54, 1.807) is 12.2 Å². The van der Waals surface area contributed by atoms with E-state index in [0.717, 1.165) is 6.42 Å². The lowest BCUT2D eigenvalue weighted by Gasteiger charge is -2.36. The van der Waals surface area contributed by atoms with Gasteiger partial charge < -0.3 is 9.16 Å². The van der Waals surface area contributed by atoms with E-state index in [1.807, 2.05) is 13.0 Å². The number of rotatable bonds is 6. The summed E-state index contributed by atoms with van der Waals surface area (Å²) in [6.07, 6.45) is 5.61. The van der Waals surface area contributed by atoms with Crippen molar-refractivity contribution in [2.75, 3.05) is 6.61 Å². The van der Waals surface area contributed by atoms with Crippen molar-refractivity contribution in [2.45, 2.75) is 64.5 Å². The van der Waals surface area contributed by atoms with Crippen LogP contribution in [0.5, 0.6) is 0 Å². The molecular weight excluding hydrogens is 280 g/mol. The SMILES string of the molecule is C=C[C@@H](C)[C@@H]1O[C@H](CCO[Si](C)(C)C(C)(C)C)C=CC1=O. The maximum Gasteiger partial charge on any atom is 0.191 e. The van der Waals surface area contributed by atoms with E-state index in [0.29, 0.717) is 6.61 Å². The third-order valence-corrected chi connectivity index (χ3v) is 9.14.